The molecule has 0 saturated heterocycles. The highest BCUT2D eigenvalue weighted by atomic mass is 32.1. The Morgan fingerprint density at radius 1 is 1.24 bits per heavy atom. The summed E-state index contributed by atoms with van der Waals surface area (Å²) in [5.74, 6) is 1.08. The molecule has 3 aromatic rings. The Morgan fingerprint density at radius 2 is 2.14 bits per heavy atom. The molecule has 150 valence electrons. The summed E-state index contributed by atoms with van der Waals surface area (Å²) >= 11 is 1.60. The molecule has 0 radical (unpaired) electrons. The van der Waals surface area contributed by atoms with Crippen molar-refractivity contribution in [3.8, 4) is 11.6 Å². The van der Waals surface area contributed by atoms with E-state index in [0.29, 0.717) is 25.6 Å². The van der Waals surface area contributed by atoms with Crippen molar-refractivity contribution in [1.29, 1.82) is 0 Å². The lowest BCUT2D eigenvalue weighted by molar-refractivity contribution is -0.116. The highest BCUT2D eigenvalue weighted by molar-refractivity contribution is 7.09. The Morgan fingerprint density at radius 3 is 2.93 bits per heavy atom. The number of nitrogens with zero attached hydrogens (tertiary/aromatic N) is 2. The number of benzene rings is 1. The van der Waals surface area contributed by atoms with Gasteiger partial charge in [0.15, 0.2) is 0 Å². The molecule has 1 amide bonds. The van der Waals surface area contributed by atoms with Crippen molar-refractivity contribution < 1.29 is 14.3 Å². The smallest absolute Gasteiger partial charge is 0.244 e. The first-order valence-electron chi connectivity index (χ1n) is 9.30. The van der Waals surface area contributed by atoms with Gasteiger partial charge in [-0.05, 0) is 43.7 Å². The van der Waals surface area contributed by atoms with E-state index in [4.69, 9.17) is 9.47 Å². The van der Waals surface area contributed by atoms with E-state index in [9.17, 15) is 4.79 Å². The second kappa shape index (κ2) is 10.4. The van der Waals surface area contributed by atoms with Crippen LogP contribution in [0.15, 0.2) is 54.1 Å². The van der Waals surface area contributed by atoms with Gasteiger partial charge in [-0.2, -0.15) is 0 Å². The molecule has 0 atom stereocenters. The number of carbonyl (C=O) groups excluding carboxylic acids is 1. The van der Waals surface area contributed by atoms with E-state index in [1.54, 1.807) is 23.6 Å². The zero-order chi connectivity index (χ0) is 20.5. The van der Waals surface area contributed by atoms with Crippen LogP contribution in [0.25, 0.3) is 6.08 Å². The molecule has 0 unspecified atom stereocenters. The second-order valence-electron chi connectivity index (χ2n) is 6.17. The predicted molar refractivity (Wildman–Crippen MR) is 114 cm³/mol. The highest BCUT2D eigenvalue weighted by Crippen LogP contribution is 2.17. The average molecular weight is 410 g/mol. The van der Waals surface area contributed by atoms with E-state index in [-0.39, 0.29) is 5.91 Å². The van der Waals surface area contributed by atoms with E-state index in [0.717, 1.165) is 27.6 Å². The molecule has 0 aliphatic heterocycles. The Bertz CT molecular complexity index is 985. The monoisotopic (exact) mass is 409 g/mol. The number of nitrogens with one attached hydrogen (secondary N) is 1. The normalized spacial score (nSPS) is 10.8. The third-order valence-corrected chi connectivity index (χ3v) is 4.74. The van der Waals surface area contributed by atoms with Crippen LogP contribution in [-0.2, 0) is 17.9 Å². The first-order valence-corrected chi connectivity index (χ1v) is 10.2. The molecule has 2 aromatic heterocycles. The largest absolute Gasteiger partial charge is 0.487 e. The summed E-state index contributed by atoms with van der Waals surface area (Å²) in [6.45, 7) is 5.16. The fraction of sp³-hybridized carbons (Fsp3) is 0.227. The molecule has 7 heteroatoms. The summed E-state index contributed by atoms with van der Waals surface area (Å²) in [5.41, 5.74) is 2.63. The van der Waals surface area contributed by atoms with Gasteiger partial charge in [0.25, 0.3) is 0 Å². The number of aromatic nitrogens is 2. The van der Waals surface area contributed by atoms with Crippen molar-refractivity contribution in [1.82, 2.24) is 15.3 Å². The first-order chi connectivity index (χ1) is 14.1. The molecule has 2 heterocycles. The third-order valence-electron chi connectivity index (χ3n) is 3.92. The molecule has 0 fully saturated rings. The van der Waals surface area contributed by atoms with E-state index in [2.05, 4.69) is 15.3 Å². The van der Waals surface area contributed by atoms with Gasteiger partial charge in [-0.25, -0.2) is 9.97 Å². The number of hydrogen-bond donors (Lipinski definition) is 1. The van der Waals surface area contributed by atoms with Crippen molar-refractivity contribution in [2.45, 2.75) is 27.0 Å². The van der Waals surface area contributed by atoms with Crippen molar-refractivity contribution in [3.05, 3.63) is 75.9 Å². The van der Waals surface area contributed by atoms with Crippen molar-refractivity contribution in [3.63, 3.8) is 0 Å². The van der Waals surface area contributed by atoms with Crippen molar-refractivity contribution in [2.24, 2.45) is 0 Å². The topological polar surface area (TPSA) is 73.3 Å². The van der Waals surface area contributed by atoms with Crippen LogP contribution in [0.2, 0.25) is 0 Å². The summed E-state index contributed by atoms with van der Waals surface area (Å²) in [6, 6.07) is 11.3. The molecule has 6 nitrogen and oxygen atoms in total. The maximum absolute atomic E-state index is 12.2. The van der Waals surface area contributed by atoms with Crippen LogP contribution >= 0.6 is 11.3 Å². The minimum absolute atomic E-state index is 0.194. The lowest BCUT2D eigenvalue weighted by Crippen LogP contribution is -2.20. The van der Waals surface area contributed by atoms with Gasteiger partial charge in [-0.3, -0.25) is 4.79 Å². The van der Waals surface area contributed by atoms with Gasteiger partial charge in [-0.1, -0.05) is 18.2 Å². The van der Waals surface area contributed by atoms with Gasteiger partial charge in [0.05, 0.1) is 17.3 Å². The maximum Gasteiger partial charge on any atom is 0.244 e. The number of rotatable bonds is 9. The molecule has 1 aromatic carbocycles. The maximum atomic E-state index is 12.2. The van der Waals surface area contributed by atoms with Gasteiger partial charge in [0, 0.05) is 29.8 Å². The van der Waals surface area contributed by atoms with E-state index in [1.807, 2.05) is 55.6 Å². The van der Waals surface area contributed by atoms with Crippen LogP contribution in [-0.4, -0.2) is 22.5 Å². The SMILES string of the molecule is CCOc1ncccc1CNC(=O)/C=C/c1cccc(OCc2csc(C)n2)c1. The van der Waals surface area contributed by atoms with Crippen LogP contribution in [0.3, 0.4) is 0 Å². The quantitative estimate of drug-likeness (QED) is 0.538. The van der Waals surface area contributed by atoms with E-state index in [1.165, 1.54) is 6.08 Å². The van der Waals surface area contributed by atoms with Gasteiger partial charge < -0.3 is 14.8 Å². The summed E-state index contributed by atoms with van der Waals surface area (Å²) in [5, 5.41) is 5.86. The van der Waals surface area contributed by atoms with Crippen LogP contribution in [0, 0.1) is 6.92 Å². The fourth-order valence-corrected chi connectivity index (χ4v) is 3.18. The third kappa shape index (κ3) is 6.43. The number of aryl methyl sites for hydroxylation is 1. The second-order valence-corrected chi connectivity index (χ2v) is 7.23. The molecule has 0 bridgehead atoms. The Labute approximate surface area is 174 Å². The Hall–Kier alpha value is -3.19. The van der Waals surface area contributed by atoms with Gasteiger partial charge >= 0.3 is 0 Å². The minimum atomic E-state index is -0.194. The van der Waals surface area contributed by atoms with E-state index < -0.39 is 0 Å². The number of carbonyl (C=O) groups is 1. The number of hydrogen-bond acceptors (Lipinski definition) is 6. The van der Waals surface area contributed by atoms with Crippen LogP contribution in [0.5, 0.6) is 11.6 Å². The number of pyridine rings is 1. The van der Waals surface area contributed by atoms with Gasteiger partial charge in [0.1, 0.15) is 12.4 Å². The van der Waals surface area contributed by atoms with Crippen molar-refractivity contribution >= 4 is 23.3 Å². The number of amides is 1. The van der Waals surface area contributed by atoms with Crippen LogP contribution in [0.4, 0.5) is 0 Å². The fourth-order valence-electron chi connectivity index (χ4n) is 2.58. The molecule has 0 spiro atoms. The molecule has 29 heavy (non-hydrogen) atoms. The zero-order valence-corrected chi connectivity index (χ0v) is 17.2. The predicted octanol–water partition coefficient (Wildman–Crippen LogP) is 4.15. The first kappa shape index (κ1) is 20.5. The van der Waals surface area contributed by atoms with Gasteiger partial charge in [0.2, 0.25) is 11.8 Å². The average Bonchev–Trinajstić information content (AvgIpc) is 3.16. The van der Waals surface area contributed by atoms with Crippen LogP contribution in [0.1, 0.15) is 28.8 Å². The van der Waals surface area contributed by atoms with Crippen LogP contribution < -0.4 is 14.8 Å². The molecular weight excluding hydrogens is 386 g/mol. The Kier molecular flexibility index (Phi) is 7.35. The lowest BCUT2D eigenvalue weighted by Gasteiger charge is -2.08. The highest BCUT2D eigenvalue weighted by Gasteiger charge is 2.05. The summed E-state index contributed by atoms with van der Waals surface area (Å²) in [7, 11) is 0. The summed E-state index contributed by atoms with van der Waals surface area (Å²) < 4.78 is 11.3. The zero-order valence-electron chi connectivity index (χ0n) is 16.4. The molecule has 1 N–H and O–H groups in total. The standard InChI is InChI=1S/C22H23N3O3S/c1-3-27-22-18(7-5-11-23-22)13-24-21(26)10-9-17-6-4-8-20(12-17)28-14-19-15-29-16(2)25-19/h4-12,15H,3,13-14H2,1-2H3,(H,24,26)/b10-9+. The van der Waals surface area contributed by atoms with E-state index >= 15 is 0 Å². The molecular formula is C22H23N3O3S. The summed E-state index contributed by atoms with van der Waals surface area (Å²) in [4.78, 5) is 20.7. The van der Waals surface area contributed by atoms with Gasteiger partial charge in [-0.15, -0.1) is 11.3 Å². The Balaban J connectivity index is 1.53. The number of thiazole rings is 1. The molecule has 0 aliphatic rings. The summed E-state index contributed by atoms with van der Waals surface area (Å²) in [6.07, 6.45) is 4.92. The molecule has 3 rings (SSSR count). The van der Waals surface area contributed by atoms with Crippen molar-refractivity contribution in [2.75, 3.05) is 6.61 Å². The lowest BCUT2D eigenvalue weighted by atomic mass is 10.2. The number of ether oxygens (including phenoxy) is 2. The minimum Gasteiger partial charge on any atom is -0.487 e. The molecule has 0 aliphatic carbocycles. The molecule has 0 saturated carbocycles.